The molecule has 1 amide bonds. The van der Waals surface area contributed by atoms with E-state index < -0.39 is 0 Å². The van der Waals surface area contributed by atoms with Gasteiger partial charge in [-0.3, -0.25) is 4.79 Å². The zero-order valence-corrected chi connectivity index (χ0v) is 12.0. The molecule has 3 nitrogen and oxygen atoms in total. The number of halogens is 1. The van der Waals surface area contributed by atoms with Crippen LogP contribution in [0.25, 0.3) is 6.08 Å². The maximum Gasteiger partial charge on any atom is 0.265 e. The molecular weight excluding hydrogens is 272 g/mol. The Hall–Kier alpha value is -2.10. The number of hydrogen-bond donors (Lipinski definition) is 1. The Morgan fingerprint density at radius 1 is 1.05 bits per heavy atom. The van der Waals surface area contributed by atoms with Crippen LogP contribution in [0.3, 0.4) is 0 Å². The van der Waals surface area contributed by atoms with Crippen LogP contribution >= 0.6 is 12.4 Å². The van der Waals surface area contributed by atoms with Gasteiger partial charge in [-0.15, -0.1) is 12.4 Å². The summed E-state index contributed by atoms with van der Waals surface area (Å²) in [6.45, 7) is 1.99. The third-order valence-electron chi connectivity index (χ3n) is 2.77. The molecule has 0 fully saturated rings. The van der Waals surface area contributed by atoms with Crippen LogP contribution in [0.5, 0.6) is 0 Å². The maximum atomic E-state index is 11.9. The molecule has 0 spiro atoms. The summed E-state index contributed by atoms with van der Waals surface area (Å²) >= 11 is 0. The van der Waals surface area contributed by atoms with E-state index in [9.17, 15) is 4.79 Å². The number of benzene rings is 2. The van der Waals surface area contributed by atoms with Crippen molar-refractivity contribution in [2.75, 3.05) is 5.01 Å². The monoisotopic (exact) mass is 288 g/mol. The molecule has 0 unspecified atom stereocenters. The van der Waals surface area contributed by atoms with Gasteiger partial charge in [-0.2, -0.15) is 0 Å². The quantitative estimate of drug-likeness (QED) is 0.407. The van der Waals surface area contributed by atoms with E-state index in [4.69, 9.17) is 5.84 Å². The third kappa shape index (κ3) is 4.23. The van der Waals surface area contributed by atoms with Gasteiger partial charge < -0.3 is 0 Å². The number of nitrogens with two attached hydrogens (primary N) is 1. The van der Waals surface area contributed by atoms with E-state index in [1.807, 2.05) is 61.5 Å². The van der Waals surface area contributed by atoms with Gasteiger partial charge in [0.25, 0.3) is 5.91 Å². The van der Waals surface area contributed by atoms with Crippen molar-refractivity contribution in [3.63, 3.8) is 0 Å². The summed E-state index contributed by atoms with van der Waals surface area (Å²) in [7, 11) is 0. The summed E-state index contributed by atoms with van der Waals surface area (Å²) < 4.78 is 0. The molecule has 2 N–H and O–H groups in total. The lowest BCUT2D eigenvalue weighted by Crippen LogP contribution is -2.36. The molecule has 2 aromatic carbocycles. The van der Waals surface area contributed by atoms with Gasteiger partial charge in [0.05, 0.1) is 5.69 Å². The highest BCUT2D eigenvalue weighted by Gasteiger charge is 2.07. The fourth-order valence-electron chi connectivity index (χ4n) is 1.64. The van der Waals surface area contributed by atoms with E-state index in [0.717, 1.165) is 16.1 Å². The number of hydrazine groups is 1. The normalized spacial score (nSPS) is 10.1. The van der Waals surface area contributed by atoms with E-state index in [1.54, 1.807) is 6.08 Å². The molecule has 0 saturated carbocycles. The van der Waals surface area contributed by atoms with Crippen LogP contribution in [0.2, 0.25) is 0 Å². The van der Waals surface area contributed by atoms with Gasteiger partial charge in [0, 0.05) is 6.08 Å². The number of anilines is 1. The summed E-state index contributed by atoms with van der Waals surface area (Å²) in [6, 6.07) is 17.1. The molecule has 0 aliphatic heterocycles. The van der Waals surface area contributed by atoms with Gasteiger partial charge in [-0.25, -0.2) is 10.9 Å². The molecule has 0 aliphatic carbocycles. The highest BCUT2D eigenvalue weighted by atomic mass is 35.5. The first-order chi connectivity index (χ1) is 9.16. The largest absolute Gasteiger partial charge is 0.268 e. The van der Waals surface area contributed by atoms with Gasteiger partial charge in [-0.05, 0) is 30.7 Å². The molecule has 0 radical (unpaired) electrons. The number of hydrogen-bond acceptors (Lipinski definition) is 2. The number of amides is 1. The van der Waals surface area contributed by atoms with Crippen molar-refractivity contribution in [1.82, 2.24) is 0 Å². The molecule has 2 rings (SSSR count). The summed E-state index contributed by atoms with van der Waals surface area (Å²) in [6.07, 6.45) is 3.21. The third-order valence-corrected chi connectivity index (χ3v) is 2.77. The smallest absolute Gasteiger partial charge is 0.265 e. The highest BCUT2D eigenvalue weighted by molar-refractivity contribution is 6.02. The summed E-state index contributed by atoms with van der Waals surface area (Å²) in [4.78, 5) is 11.9. The minimum Gasteiger partial charge on any atom is -0.268 e. The minimum atomic E-state index is -0.257. The van der Waals surface area contributed by atoms with E-state index in [-0.39, 0.29) is 18.3 Å². The van der Waals surface area contributed by atoms with Crippen molar-refractivity contribution in [3.8, 4) is 0 Å². The lowest BCUT2D eigenvalue weighted by Gasteiger charge is -2.14. The fraction of sp³-hybridized carbons (Fsp3) is 0.0625. The Balaban J connectivity index is 0.00000200. The molecular formula is C16H17ClN2O. The van der Waals surface area contributed by atoms with E-state index in [1.165, 1.54) is 6.08 Å². The average molecular weight is 289 g/mol. The van der Waals surface area contributed by atoms with Crippen LogP contribution in [-0.4, -0.2) is 5.91 Å². The Morgan fingerprint density at radius 3 is 2.25 bits per heavy atom. The molecule has 0 aromatic heterocycles. The predicted molar refractivity (Wildman–Crippen MR) is 85.6 cm³/mol. The number of nitrogens with zero attached hydrogens (tertiary/aromatic N) is 1. The number of aryl methyl sites for hydroxylation is 1. The number of carbonyl (C=O) groups is 1. The summed E-state index contributed by atoms with van der Waals surface area (Å²) in [5.74, 6) is 5.53. The summed E-state index contributed by atoms with van der Waals surface area (Å²) in [5, 5.41) is 1.14. The van der Waals surface area contributed by atoms with E-state index in [2.05, 4.69) is 0 Å². The zero-order valence-electron chi connectivity index (χ0n) is 11.2. The molecule has 0 aliphatic rings. The van der Waals surface area contributed by atoms with E-state index >= 15 is 0 Å². The molecule has 20 heavy (non-hydrogen) atoms. The van der Waals surface area contributed by atoms with Gasteiger partial charge in [0.2, 0.25) is 0 Å². The van der Waals surface area contributed by atoms with Crippen molar-refractivity contribution < 1.29 is 4.79 Å². The zero-order chi connectivity index (χ0) is 13.7. The maximum absolute atomic E-state index is 11.9. The molecule has 104 valence electrons. The van der Waals surface area contributed by atoms with Crippen LogP contribution < -0.4 is 10.9 Å². The van der Waals surface area contributed by atoms with Gasteiger partial charge >= 0.3 is 0 Å². The van der Waals surface area contributed by atoms with Crippen LogP contribution in [0, 0.1) is 6.92 Å². The van der Waals surface area contributed by atoms with Crippen LogP contribution in [0.15, 0.2) is 60.7 Å². The van der Waals surface area contributed by atoms with Crippen molar-refractivity contribution in [1.29, 1.82) is 0 Å². The van der Waals surface area contributed by atoms with Gasteiger partial charge in [-0.1, -0.05) is 48.0 Å². The molecule has 0 heterocycles. The minimum absolute atomic E-state index is 0. The summed E-state index contributed by atoms with van der Waals surface area (Å²) in [5.41, 5.74) is 2.77. The van der Waals surface area contributed by atoms with Gasteiger partial charge in [0.15, 0.2) is 0 Å². The molecule has 4 heteroatoms. The lowest BCUT2D eigenvalue weighted by molar-refractivity contribution is -0.114. The van der Waals surface area contributed by atoms with Crippen molar-refractivity contribution in [2.24, 2.45) is 5.84 Å². The van der Waals surface area contributed by atoms with Crippen molar-refractivity contribution >= 4 is 30.1 Å². The first-order valence-corrected chi connectivity index (χ1v) is 6.05. The molecule has 0 bridgehead atoms. The second-order valence-corrected chi connectivity index (χ2v) is 4.29. The Labute approximate surface area is 125 Å². The number of rotatable bonds is 3. The lowest BCUT2D eigenvalue weighted by atomic mass is 10.2. The fourth-order valence-corrected chi connectivity index (χ4v) is 1.64. The number of carbonyl (C=O) groups excluding carboxylic acids is 1. The SMILES string of the molecule is Cc1ccc(N(N)C(=O)C=Cc2ccccc2)cc1.Cl. The Kier molecular flexibility index (Phi) is 5.97. The second kappa shape index (κ2) is 7.48. The molecule has 0 saturated heterocycles. The second-order valence-electron chi connectivity index (χ2n) is 4.29. The topological polar surface area (TPSA) is 46.3 Å². The van der Waals surface area contributed by atoms with Gasteiger partial charge in [0.1, 0.15) is 0 Å². The van der Waals surface area contributed by atoms with Crippen molar-refractivity contribution in [2.45, 2.75) is 6.92 Å². The Morgan fingerprint density at radius 2 is 1.65 bits per heavy atom. The molecule has 0 atom stereocenters. The Bertz CT molecular complexity index is 579. The van der Waals surface area contributed by atoms with E-state index in [0.29, 0.717) is 5.69 Å². The first kappa shape index (κ1) is 16.0. The van der Waals surface area contributed by atoms with Crippen LogP contribution in [0.4, 0.5) is 5.69 Å². The average Bonchev–Trinajstić information content (AvgIpc) is 2.46. The predicted octanol–water partition coefficient (Wildman–Crippen LogP) is 3.34. The standard InChI is InChI=1S/C16H16N2O.ClH/c1-13-7-10-15(11-8-13)18(17)16(19)12-9-14-5-3-2-4-6-14;/h2-12H,17H2,1H3;1H. The molecule has 2 aromatic rings. The highest BCUT2D eigenvalue weighted by Crippen LogP contribution is 2.12. The van der Waals surface area contributed by atoms with Crippen LogP contribution in [0.1, 0.15) is 11.1 Å². The van der Waals surface area contributed by atoms with Crippen molar-refractivity contribution in [3.05, 3.63) is 71.8 Å². The van der Waals surface area contributed by atoms with Crippen LogP contribution in [-0.2, 0) is 4.79 Å². The first-order valence-electron chi connectivity index (χ1n) is 6.05.